The van der Waals surface area contributed by atoms with Crippen molar-refractivity contribution >= 4 is 17.7 Å². The number of benzene rings is 1. The van der Waals surface area contributed by atoms with Crippen LogP contribution in [0.15, 0.2) is 53.1 Å². The average Bonchev–Trinajstić information content (AvgIpc) is 3.35. The van der Waals surface area contributed by atoms with Gasteiger partial charge in [0.2, 0.25) is 0 Å². The van der Waals surface area contributed by atoms with Gasteiger partial charge in [0.05, 0.1) is 11.8 Å². The summed E-state index contributed by atoms with van der Waals surface area (Å²) in [6.07, 6.45) is 1.36. The van der Waals surface area contributed by atoms with Gasteiger partial charge in [-0.25, -0.2) is 4.39 Å². The third-order valence-electron chi connectivity index (χ3n) is 4.54. The molecule has 1 aromatic carbocycles. The first kappa shape index (κ1) is 20.8. The fourth-order valence-corrected chi connectivity index (χ4v) is 3.09. The molecule has 3 rings (SSSR count). The Morgan fingerprint density at radius 1 is 1.10 bits per heavy atom. The number of nitrogens with zero attached hydrogens (tertiary/aromatic N) is 2. The minimum atomic E-state index is -0.571. The first-order valence-electron chi connectivity index (χ1n) is 9.11. The number of carbonyl (C=O) groups excluding carboxylic acids is 3. The van der Waals surface area contributed by atoms with Crippen LogP contribution >= 0.6 is 0 Å². The molecule has 8 nitrogen and oxygen atoms in total. The Labute approximate surface area is 172 Å². The quantitative estimate of drug-likeness (QED) is 0.629. The lowest BCUT2D eigenvalue weighted by atomic mass is 10.2. The minimum absolute atomic E-state index is 0.113. The van der Waals surface area contributed by atoms with E-state index < -0.39 is 17.7 Å². The molecule has 2 heterocycles. The Morgan fingerprint density at radius 2 is 1.80 bits per heavy atom. The summed E-state index contributed by atoms with van der Waals surface area (Å²) in [5.41, 5.74) is 7.13. The smallest absolute Gasteiger partial charge is 0.289 e. The number of halogens is 1. The molecule has 0 saturated carbocycles. The summed E-state index contributed by atoms with van der Waals surface area (Å²) in [7, 11) is 1.45. The topological polar surface area (TPSA) is 96.6 Å². The highest BCUT2D eigenvalue weighted by atomic mass is 19.1. The zero-order valence-electron chi connectivity index (χ0n) is 16.7. The molecule has 9 heteroatoms. The number of aromatic nitrogens is 1. The summed E-state index contributed by atoms with van der Waals surface area (Å²) in [5.74, 6) is -1.77. The van der Waals surface area contributed by atoms with Gasteiger partial charge < -0.3 is 13.9 Å². The molecule has 0 aliphatic carbocycles. The number of likely N-dealkylation sites (N-methyl/N-ethyl adjacent to an activating group) is 1. The molecule has 3 aromatic rings. The number of hydrazine groups is 1. The third-order valence-corrected chi connectivity index (χ3v) is 4.54. The van der Waals surface area contributed by atoms with E-state index in [0.717, 1.165) is 5.69 Å². The van der Waals surface area contributed by atoms with E-state index in [4.69, 9.17) is 4.42 Å². The molecular formula is C21H21FN4O4. The van der Waals surface area contributed by atoms with Crippen molar-refractivity contribution in [3.8, 4) is 5.69 Å². The van der Waals surface area contributed by atoms with Crippen molar-refractivity contribution in [1.29, 1.82) is 0 Å². The van der Waals surface area contributed by atoms with Gasteiger partial charge in [0.25, 0.3) is 17.7 Å². The minimum Gasteiger partial charge on any atom is -0.459 e. The van der Waals surface area contributed by atoms with Gasteiger partial charge in [0.1, 0.15) is 12.4 Å². The van der Waals surface area contributed by atoms with Crippen molar-refractivity contribution in [1.82, 2.24) is 20.3 Å². The molecule has 2 aromatic heterocycles. The Hall–Kier alpha value is -3.88. The number of nitrogens with one attached hydrogen (secondary N) is 2. The van der Waals surface area contributed by atoms with Crippen molar-refractivity contribution in [3.05, 3.63) is 77.3 Å². The highest BCUT2D eigenvalue weighted by molar-refractivity contribution is 5.98. The predicted molar refractivity (Wildman–Crippen MR) is 106 cm³/mol. The standard InChI is InChI=1S/C21H21FN4O4/c1-13-11-17(14(2)26(13)16-8-6-15(22)7-9-16)20(28)24-23-19(27)12-25(3)21(29)18-5-4-10-30-18/h4-11H,12H2,1-3H3,(H,23,27)(H,24,28). The van der Waals surface area contributed by atoms with E-state index >= 15 is 0 Å². The third kappa shape index (κ3) is 4.40. The summed E-state index contributed by atoms with van der Waals surface area (Å²) in [6, 6.07) is 10.7. The lowest BCUT2D eigenvalue weighted by Gasteiger charge is -2.15. The van der Waals surface area contributed by atoms with E-state index in [0.29, 0.717) is 16.9 Å². The van der Waals surface area contributed by atoms with Crippen LogP contribution in [0.2, 0.25) is 0 Å². The van der Waals surface area contributed by atoms with Crippen molar-refractivity contribution in [2.75, 3.05) is 13.6 Å². The van der Waals surface area contributed by atoms with Crippen molar-refractivity contribution in [2.24, 2.45) is 0 Å². The molecule has 3 amide bonds. The van der Waals surface area contributed by atoms with Crippen LogP contribution in [0.1, 0.15) is 32.3 Å². The van der Waals surface area contributed by atoms with Gasteiger partial charge in [-0.3, -0.25) is 25.2 Å². The number of hydrogen-bond acceptors (Lipinski definition) is 4. The Morgan fingerprint density at radius 3 is 2.43 bits per heavy atom. The molecule has 0 spiro atoms. The molecule has 2 N–H and O–H groups in total. The van der Waals surface area contributed by atoms with Crippen LogP contribution in [0.25, 0.3) is 5.69 Å². The van der Waals surface area contributed by atoms with Crippen LogP contribution in [0.4, 0.5) is 4.39 Å². The van der Waals surface area contributed by atoms with E-state index in [1.165, 1.54) is 36.4 Å². The summed E-state index contributed by atoms with van der Waals surface area (Å²) in [4.78, 5) is 37.9. The Balaban J connectivity index is 1.62. The lowest BCUT2D eigenvalue weighted by molar-refractivity contribution is -0.122. The zero-order valence-corrected chi connectivity index (χ0v) is 16.7. The second-order valence-corrected chi connectivity index (χ2v) is 6.74. The zero-order chi connectivity index (χ0) is 21.8. The fraction of sp³-hybridized carbons (Fsp3) is 0.190. The molecule has 0 aliphatic rings. The Kier molecular flexibility index (Phi) is 6.01. The first-order valence-corrected chi connectivity index (χ1v) is 9.11. The van der Waals surface area contributed by atoms with Crippen LogP contribution in [-0.2, 0) is 4.79 Å². The molecule has 0 radical (unpaired) electrons. The van der Waals surface area contributed by atoms with Gasteiger partial charge in [-0.2, -0.15) is 0 Å². The molecule has 0 atom stereocenters. The van der Waals surface area contributed by atoms with Crippen molar-refractivity contribution in [3.63, 3.8) is 0 Å². The SMILES string of the molecule is Cc1cc(C(=O)NNC(=O)CN(C)C(=O)c2ccco2)c(C)n1-c1ccc(F)cc1. The molecular weight excluding hydrogens is 391 g/mol. The number of rotatable bonds is 5. The lowest BCUT2D eigenvalue weighted by Crippen LogP contribution is -2.46. The first-order chi connectivity index (χ1) is 14.3. The molecule has 156 valence electrons. The van der Waals surface area contributed by atoms with Crippen molar-refractivity contribution < 1.29 is 23.2 Å². The monoisotopic (exact) mass is 412 g/mol. The van der Waals surface area contributed by atoms with E-state index in [1.54, 1.807) is 31.2 Å². The summed E-state index contributed by atoms with van der Waals surface area (Å²) in [6.45, 7) is 3.30. The normalized spacial score (nSPS) is 10.5. The predicted octanol–water partition coefficient (Wildman–Crippen LogP) is 2.36. The van der Waals surface area contributed by atoms with Crippen LogP contribution in [0, 0.1) is 19.7 Å². The summed E-state index contributed by atoms with van der Waals surface area (Å²) in [5, 5.41) is 0. The molecule has 0 unspecified atom stereocenters. The number of amides is 3. The Bertz CT molecular complexity index is 1070. The highest BCUT2D eigenvalue weighted by Crippen LogP contribution is 2.21. The second kappa shape index (κ2) is 8.64. The average molecular weight is 412 g/mol. The summed E-state index contributed by atoms with van der Waals surface area (Å²) < 4.78 is 20.0. The summed E-state index contributed by atoms with van der Waals surface area (Å²) >= 11 is 0. The van der Waals surface area contributed by atoms with Gasteiger partial charge >= 0.3 is 0 Å². The molecule has 0 aliphatic heterocycles. The molecule has 0 saturated heterocycles. The largest absolute Gasteiger partial charge is 0.459 e. The van der Waals surface area contributed by atoms with Gasteiger partial charge in [-0.05, 0) is 56.3 Å². The van der Waals surface area contributed by atoms with E-state index in [-0.39, 0.29) is 18.1 Å². The van der Waals surface area contributed by atoms with Crippen LogP contribution in [-0.4, -0.2) is 40.8 Å². The number of hydrogen-bond donors (Lipinski definition) is 2. The van der Waals surface area contributed by atoms with Gasteiger partial charge in [-0.15, -0.1) is 0 Å². The maximum Gasteiger partial charge on any atom is 0.289 e. The maximum atomic E-state index is 13.2. The van der Waals surface area contributed by atoms with E-state index in [1.807, 2.05) is 11.5 Å². The molecule has 30 heavy (non-hydrogen) atoms. The van der Waals surface area contributed by atoms with Crippen molar-refractivity contribution in [2.45, 2.75) is 13.8 Å². The van der Waals surface area contributed by atoms with Crippen LogP contribution in [0.5, 0.6) is 0 Å². The second-order valence-electron chi connectivity index (χ2n) is 6.74. The number of carbonyl (C=O) groups is 3. The number of aryl methyl sites for hydroxylation is 1. The maximum absolute atomic E-state index is 13.2. The van der Waals surface area contributed by atoms with Crippen LogP contribution < -0.4 is 10.9 Å². The highest BCUT2D eigenvalue weighted by Gasteiger charge is 2.19. The molecule has 0 fully saturated rings. The van der Waals surface area contributed by atoms with Gasteiger partial charge in [0, 0.05) is 24.1 Å². The van der Waals surface area contributed by atoms with Gasteiger partial charge in [-0.1, -0.05) is 0 Å². The van der Waals surface area contributed by atoms with Gasteiger partial charge in [0.15, 0.2) is 5.76 Å². The van der Waals surface area contributed by atoms with E-state index in [2.05, 4.69) is 10.9 Å². The fourth-order valence-electron chi connectivity index (χ4n) is 3.09. The molecule has 0 bridgehead atoms. The van der Waals surface area contributed by atoms with Crippen LogP contribution in [0.3, 0.4) is 0 Å². The van der Waals surface area contributed by atoms with E-state index in [9.17, 15) is 18.8 Å². The number of furan rings is 1.